The maximum atomic E-state index is 15.2. The Morgan fingerprint density at radius 1 is 1.14 bits per heavy atom. The molecule has 0 unspecified atom stereocenters. The van der Waals surface area contributed by atoms with Crippen LogP contribution in [0, 0.1) is 11.6 Å². The molecule has 1 saturated heterocycles. The fraction of sp³-hybridized carbons (Fsp3) is 0.333. The number of allylic oxidation sites excluding steroid dienone is 1. The molecule has 4 rings (SSSR count). The SMILES string of the molecule is Cn1cnc(-c2cc(/C(N)=C(/NN)C(F)(F)F)ccn2)c1-c1c(F)cc(F)cc1OCCN1CCCC1. The molecule has 1 fully saturated rings. The molecule has 8 nitrogen and oxygen atoms in total. The molecule has 13 heteroatoms. The molecular weight excluding hydrogens is 497 g/mol. The van der Waals surface area contributed by atoms with Crippen molar-refractivity contribution in [2.45, 2.75) is 19.0 Å². The van der Waals surface area contributed by atoms with E-state index < -0.39 is 29.2 Å². The number of rotatable bonds is 8. The fourth-order valence-corrected chi connectivity index (χ4v) is 4.28. The van der Waals surface area contributed by atoms with E-state index >= 15 is 4.39 Å². The van der Waals surface area contributed by atoms with Crippen LogP contribution in [0.5, 0.6) is 5.75 Å². The van der Waals surface area contributed by atoms with Crippen LogP contribution in [0.2, 0.25) is 0 Å². The Hall–Kier alpha value is -3.71. The molecule has 0 amide bonds. The summed E-state index contributed by atoms with van der Waals surface area (Å²) in [5.41, 5.74) is 5.72. The Bertz CT molecular complexity index is 1300. The molecule has 0 bridgehead atoms. The second kappa shape index (κ2) is 10.7. The van der Waals surface area contributed by atoms with Gasteiger partial charge in [0.1, 0.15) is 29.7 Å². The number of aromatic nitrogens is 3. The molecule has 1 aliphatic heterocycles. The highest BCUT2D eigenvalue weighted by molar-refractivity contribution is 5.82. The van der Waals surface area contributed by atoms with Gasteiger partial charge in [-0.05, 0) is 38.1 Å². The van der Waals surface area contributed by atoms with E-state index in [1.165, 1.54) is 29.2 Å². The van der Waals surface area contributed by atoms with E-state index in [4.69, 9.17) is 16.3 Å². The monoisotopic (exact) mass is 523 g/mol. The Labute approximate surface area is 209 Å². The first-order valence-corrected chi connectivity index (χ1v) is 11.5. The highest BCUT2D eigenvalue weighted by Gasteiger charge is 2.36. The molecule has 3 aromatic rings. The number of imidazole rings is 1. The molecule has 37 heavy (non-hydrogen) atoms. The first kappa shape index (κ1) is 26.4. The molecule has 1 aromatic carbocycles. The lowest BCUT2D eigenvalue weighted by molar-refractivity contribution is -0.0961. The third kappa shape index (κ3) is 5.67. The van der Waals surface area contributed by atoms with E-state index in [1.54, 1.807) is 12.5 Å². The van der Waals surface area contributed by atoms with Crippen molar-refractivity contribution in [2.75, 3.05) is 26.2 Å². The number of nitrogens with one attached hydrogen (secondary N) is 1. The number of alkyl halides is 3. The van der Waals surface area contributed by atoms with Gasteiger partial charge >= 0.3 is 6.18 Å². The van der Waals surface area contributed by atoms with Crippen molar-refractivity contribution in [1.29, 1.82) is 0 Å². The number of aryl methyl sites for hydroxylation is 1. The molecule has 3 heterocycles. The third-order valence-electron chi connectivity index (χ3n) is 6.07. The number of nitrogens with two attached hydrogens (primary N) is 2. The van der Waals surface area contributed by atoms with Crippen LogP contribution in [0.4, 0.5) is 22.0 Å². The third-order valence-corrected chi connectivity index (χ3v) is 6.07. The normalized spacial score (nSPS) is 15.1. The number of ether oxygens (including phenoxy) is 1. The topological polar surface area (TPSA) is 107 Å². The molecule has 2 aromatic heterocycles. The van der Waals surface area contributed by atoms with Gasteiger partial charge in [0.15, 0.2) is 5.70 Å². The maximum Gasteiger partial charge on any atom is 0.434 e. The van der Waals surface area contributed by atoms with Crippen molar-refractivity contribution in [1.82, 2.24) is 24.9 Å². The zero-order chi connectivity index (χ0) is 26.7. The van der Waals surface area contributed by atoms with Crippen LogP contribution in [-0.2, 0) is 7.05 Å². The molecule has 5 N–H and O–H groups in total. The molecule has 198 valence electrons. The summed E-state index contributed by atoms with van der Waals surface area (Å²) in [5.74, 6) is 3.32. The van der Waals surface area contributed by atoms with E-state index in [1.807, 2.05) is 0 Å². The molecular formula is C24H26F5N7O. The lowest BCUT2D eigenvalue weighted by Gasteiger charge is -2.18. The smallest absolute Gasteiger partial charge is 0.434 e. The van der Waals surface area contributed by atoms with Gasteiger partial charge < -0.3 is 20.5 Å². The molecule has 1 aliphatic rings. The van der Waals surface area contributed by atoms with Gasteiger partial charge in [-0.25, -0.2) is 13.8 Å². The zero-order valence-electron chi connectivity index (χ0n) is 19.9. The van der Waals surface area contributed by atoms with Crippen LogP contribution in [0.3, 0.4) is 0 Å². The Kier molecular flexibility index (Phi) is 7.64. The highest BCUT2D eigenvalue weighted by Crippen LogP contribution is 2.39. The zero-order valence-corrected chi connectivity index (χ0v) is 19.9. The van der Waals surface area contributed by atoms with Gasteiger partial charge in [-0.3, -0.25) is 15.7 Å². The van der Waals surface area contributed by atoms with Gasteiger partial charge in [0, 0.05) is 37.5 Å². The van der Waals surface area contributed by atoms with Crippen molar-refractivity contribution in [3.63, 3.8) is 0 Å². The molecule has 0 atom stereocenters. The van der Waals surface area contributed by atoms with E-state index in [0.717, 1.165) is 38.1 Å². The number of hydrogen-bond donors (Lipinski definition) is 3. The quantitative estimate of drug-likeness (QED) is 0.236. The van der Waals surface area contributed by atoms with E-state index in [-0.39, 0.29) is 40.6 Å². The minimum Gasteiger partial charge on any atom is -0.491 e. The Morgan fingerprint density at radius 2 is 1.86 bits per heavy atom. The van der Waals surface area contributed by atoms with Gasteiger partial charge in [0.25, 0.3) is 0 Å². The second-order valence-electron chi connectivity index (χ2n) is 8.57. The van der Waals surface area contributed by atoms with Crippen LogP contribution in [0.1, 0.15) is 18.4 Å². The lowest BCUT2D eigenvalue weighted by atomic mass is 10.0. The number of likely N-dealkylation sites (tertiary alicyclic amines) is 1. The molecule has 0 saturated carbocycles. The van der Waals surface area contributed by atoms with Crippen LogP contribution < -0.4 is 21.7 Å². The van der Waals surface area contributed by atoms with Crippen LogP contribution in [0.25, 0.3) is 28.3 Å². The summed E-state index contributed by atoms with van der Waals surface area (Å²) >= 11 is 0. The predicted octanol–water partition coefficient (Wildman–Crippen LogP) is 3.55. The van der Waals surface area contributed by atoms with Crippen molar-refractivity contribution in [2.24, 2.45) is 18.6 Å². The summed E-state index contributed by atoms with van der Waals surface area (Å²) in [6.07, 6.45) is -0.00481. The number of hydrazine groups is 1. The van der Waals surface area contributed by atoms with Gasteiger partial charge in [0.05, 0.1) is 29.0 Å². The number of benzene rings is 1. The number of hydrogen-bond acceptors (Lipinski definition) is 7. The summed E-state index contributed by atoms with van der Waals surface area (Å²) < 4.78 is 76.5. The lowest BCUT2D eigenvalue weighted by Crippen LogP contribution is -2.34. The maximum absolute atomic E-state index is 15.2. The Morgan fingerprint density at radius 3 is 2.54 bits per heavy atom. The van der Waals surface area contributed by atoms with Crippen LogP contribution in [0.15, 0.2) is 42.5 Å². The van der Waals surface area contributed by atoms with Gasteiger partial charge in [-0.1, -0.05) is 0 Å². The average Bonchev–Trinajstić information content (AvgIpc) is 3.48. The van der Waals surface area contributed by atoms with Gasteiger partial charge in [0.2, 0.25) is 0 Å². The second-order valence-corrected chi connectivity index (χ2v) is 8.57. The molecule has 0 spiro atoms. The summed E-state index contributed by atoms with van der Waals surface area (Å²) in [5, 5.41) is 0. The van der Waals surface area contributed by atoms with Crippen LogP contribution in [-0.4, -0.2) is 51.9 Å². The van der Waals surface area contributed by atoms with Gasteiger partial charge in [-0.15, -0.1) is 0 Å². The summed E-state index contributed by atoms with van der Waals surface area (Å²) in [7, 11) is 1.60. The largest absolute Gasteiger partial charge is 0.491 e. The van der Waals surface area contributed by atoms with Crippen molar-refractivity contribution >= 4 is 5.70 Å². The Balaban J connectivity index is 1.75. The van der Waals surface area contributed by atoms with Gasteiger partial charge in [-0.2, -0.15) is 13.2 Å². The highest BCUT2D eigenvalue weighted by atomic mass is 19.4. The molecule has 0 radical (unpaired) electrons. The standard InChI is InChI=1S/C24H26F5N7O/c1-35-13-33-21(17-10-14(4-5-32-17)20(30)23(34-31)24(27,28)29)22(35)19-16(26)11-15(25)12-18(19)37-9-8-36-6-2-3-7-36/h4-5,10-13,34H,2-3,6-9,30-31H2,1H3/b23-20-. The first-order valence-electron chi connectivity index (χ1n) is 11.5. The van der Waals surface area contributed by atoms with E-state index in [9.17, 15) is 17.6 Å². The molecule has 0 aliphatic carbocycles. The van der Waals surface area contributed by atoms with Crippen molar-refractivity contribution in [3.8, 4) is 28.4 Å². The summed E-state index contributed by atoms with van der Waals surface area (Å²) in [6, 6.07) is 4.37. The van der Waals surface area contributed by atoms with Crippen molar-refractivity contribution < 1.29 is 26.7 Å². The average molecular weight is 524 g/mol. The summed E-state index contributed by atoms with van der Waals surface area (Å²) in [6.45, 7) is 2.69. The minimum atomic E-state index is -4.82. The van der Waals surface area contributed by atoms with Crippen molar-refractivity contribution in [3.05, 3.63) is 59.7 Å². The predicted molar refractivity (Wildman–Crippen MR) is 127 cm³/mol. The summed E-state index contributed by atoms with van der Waals surface area (Å²) in [4.78, 5) is 10.7. The van der Waals surface area contributed by atoms with E-state index in [2.05, 4.69) is 14.9 Å². The van der Waals surface area contributed by atoms with Crippen LogP contribution >= 0.6 is 0 Å². The van der Waals surface area contributed by atoms with E-state index in [0.29, 0.717) is 6.54 Å². The minimum absolute atomic E-state index is 0.0243. The number of halogens is 5. The fourth-order valence-electron chi connectivity index (χ4n) is 4.28. The number of nitrogens with zero attached hydrogens (tertiary/aromatic N) is 4. The first-order chi connectivity index (χ1) is 17.6. The number of pyridine rings is 1.